The third-order valence-corrected chi connectivity index (χ3v) is 10.8. The van der Waals surface area contributed by atoms with E-state index in [0.717, 1.165) is 64.2 Å². The maximum atomic E-state index is 12.8. The van der Waals surface area contributed by atoms with E-state index >= 15 is 0 Å². The van der Waals surface area contributed by atoms with Gasteiger partial charge in [0, 0.05) is 19.3 Å². The Labute approximate surface area is 365 Å². The van der Waals surface area contributed by atoms with Crippen LogP contribution < -0.4 is 0 Å². The maximum Gasteiger partial charge on any atom is 0.306 e. The van der Waals surface area contributed by atoms with Gasteiger partial charge in [0.25, 0.3) is 0 Å². The highest BCUT2D eigenvalue weighted by Gasteiger charge is 2.19. The summed E-state index contributed by atoms with van der Waals surface area (Å²) < 4.78 is 16.7. The minimum Gasteiger partial charge on any atom is -0.462 e. The predicted octanol–water partition coefficient (Wildman–Crippen LogP) is 16.3. The molecule has 0 aliphatic rings. The fourth-order valence-corrected chi connectivity index (χ4v) is 7.02. The highest BCUT2D eigenvalue weighted by Crippen LogP contribution is 2.15. The summed E-state index contributed by atoms with van der Waals surface area (Å²) in [5.74, 6) is -0.941. The third-order valence-electron chi connectivity index (χ3n) is 10.8. The number of ether oxygens (including phenoxy) is 3. The molecule has 0 bridgehead atoms. The van der Waals surface area contributed by atoms with Crippen molar-refractivity contribution in [3.05, 3.63) is 48.6 Å². The standard InChI is InChI=1S/C53H94O6/c1-4-7-10-13-16-19-21-23-25-26-28-29-31-34-37-40-43-46-52(55)58-49-50(48-57-51(54)45-42-39-36-33-18-15-12-9-6-3)59-53(56)47-44-41-38-35-32-30-27-24-22-20-17-14-11-8-5-2/h16,19,23,25,28-29,34,37,50H,4-15,17-18,20-22,24,26-27,30-33,35-36,38-49H2,1-3H3/b19-16-,25-23-,29-28-,37-34-/t50-/m1/s1. The van der Waals surface area contributed by atoms with E-state index in [4.69, 9.17) is 14.2 Å². The van der Waals surface area contributed by atoms with Gasteiger partial charge in [-0.3, -0.25) is 14.4 Å². The van der Waals surface area contributed by atoms with E-state index < -0.39 is 6.10 Å². The van der Waals surface area contributed by atoms with Crippen molar-refractivity contribution in [2.75, 3.05) is 13.2 Å². The molecule has 1 atom stereocenters. The van der Waals surface area contributed by atoms with Crippen LogP contribution in [0.4, 0.5) is 0 Å². The lowest BCUT2D eigenvalue weighted by Gasteiger charge is -2.18. The summed E-state index contributed by atoms with van der Waals surface area (Å²) >= 11 is 0. The smallest absolute Gasteiger partial charge is 0.306 e. The van der Waals surface area contributed by atoms with Crippen molar-refractivity contribution in [3.63, 3.8) is 0 Å². The Kier molecular flexibility index (Phi) is 45.9. The van der Waals surface area contributed by atoms with Crippen LogP contribution in [0, 0.1) is 0 Å². The first kappa shape index (κ1) is 56.4. The first-order chi connectivity index (χ1) is 29.0. The summed E-state index contributed by atoms with van der Waals surface area (Å²) in [6, 6.07) is 0. The van der Waals surface area contributed by atoms with Gasteiger partial charge in [-0.05, 0) is 57.8 Å². The molecule has 0 aliphatic carbocycles. The zero-order chi connectivity index (χ0) is 43.0. The Morgan fingerprint density at radius 1 is 0.339 bits per heavy atom. The predicted molar refractivity (Wildman–Crippen MR) is 252 cm³/mol. The van der Waals surface area contributed by atoms with Crippen molar-refractivity contribution in [3.8, 4) is 0 Å². The van der Waals surface area contributed by atoms with Crippen molar-refractivity contribution < 1.29 is 28.6 Å². The Bertz CT molecular complexity index is 1040. The fraction of sp³-hybridized carbons (Fsp3) is 0.792. The fourth-order valence-electron chi connectivity index (χ4n) is 7.02. The molecule has 0 amide bonds. The molecule has 59 heavy (non-hydrogen) atoms. The molecule has 342 valence electrons. The monoisotopic (exact) mass is 827 g/mol. The highest BCUT2D eigenvalue weighted by molar-refractivity contribution is 5.71. The van der Waals surface area contributed by atoms with Crippen molar-refractivity contribution in [2.24, 2.45) is 0 Å². The Morgan fingerprint density at radius 2 is 0.627 bits per heavy atom. The largest absolute Gasteiger partial charge is 0.462 e. The number of carbonyl (C=O) groups excluding carboxylic acids is 3. The average Bonchev–Trinajstić information content (AvgIpc) is 3.23. The molecule has 6 heteroatoms. The van der Waals surface area contributed by atoms with Crippen LogP contribution in [-0.2, 0) is 28.6 Å². The van der Waals surface area contributed by atoms with Gasteiger partial charge in [-0.1, -0.05) is 223 Å². The number of allylic oxidation sites excluding steroid dienone is 8. The van der Waals surface area contributed by atoms with Crippen LogP contribution in [0.2, 0.25) is 0 Å². The van der Waals surface area contributed by atoms with Gasteiger partial charge in [-0.25, -0.2) is 0 Å². The summed E-state index contributed by atoms with van der Waals surface area (Å²) in [7, 11) is 0. The second kappa shape index (κ2) is 48.0. The van der Waals surface area contributed by atoms with Gasteiger partial charge < -0.3 is 14.2 Å². The van der Waals surface area contributed by atoms with Gasteiger partial charge in [-0.15, -0.1) is 0 Å². The van der Waals surface area contributed by atoms with E-state index in [0.29, 0.717) is 19.3 Å². The Morgan fingerprint density at radius 3 is 1.02 bits per heavy atom. The molecule has 0 aromatic rings. The molecule has 0 saturated carbocycles. The van der Waals surface area contributed by atoms with Crippen molar-refractivity contribution >= 4 is 17.9 Å². The molecule has 0 fully saturated rings. The molecule has 0 unspecified atom stereocenters. The second-order valence-electron chi connectivity index (χ2n) is 16.7. The molecule has 0 radical (unpaired) electrons. The maximum absolute atomic E-state index is 12.8. The van der Waals surface area contributed by atoms with Gasteiger partial charge in [0.05, 0.1) is 0 Å². The SMILES string of the molecule is CCCCC/C=C\C/C=C\C/C=C\C/C=C\CCCC(=O)OC[C@@H](COC(=O)CCCCCCCCCCC)OC(=O)CCCCCCCCCCCCCCCCC. The average molecular weight is 827 g/mol. The lowest BCUT2D eigenvalue weighted by atomic mass is 10.0. The van der Waals surface area contributed by atoms with Crippen LogP contribution in [0.25, 0.3) is 0 Å². The van der Waals surface area contributed by atoms with Gasteiger partial charge in [0.2, 0.25) is 0 Å². The normalized spacial score (nSPS) is 12.4. The number of hydrogen-bond donors (Lipinski definition) is 0. The molecule has 0 heterocycles. The van der Waals surface area contributed by atoms with Crippen LogP contribution in [0.3, 0.4) is 0 Å². The number of hydrogen-bond acceptors (Lipinski definition) is 6. The summed E-state index contributed by atoms with van der Waals surface area (Å²) in [5.41, 5.74) is 0. The zero-order valence-corrected chi connectivity index (χ0v) is 39.0. The van der Waals surface area contributed by atoms with E-state index in [1.807, 2.05) is 0 Å². The van der Waals surface area contributed by atoms with Crippen LogP contribution >= 0.6 is 0 Å². The van der Waals surface area contributed by atoms with Crippen molar-refractivity contribution in [1.82, 2.24) is 0 Å². The van der Waals surface area contributed by atoms with E-state index in [1.165, 1.54) is 141 Å². The van der Waals surface area contributed by atoms with Crippen molar-refractivity contribution in [1.29, 1.82) is 0 Å². The molecule has 0 saturated heterocycles. The number of unbranched alkanes of at least 4 members (excludes halogenated alkanes) is 26. The minimum atomic E-state index is -0.789. The topological polar surface area (TPSA) is 78.9 Å². The number of esters is 3. The molecular weight excluding hydrogens is 733 g/mol. The Hall–Kier alpha value is -2.63. The molecule has 0 aliphatic heterocycles. The van der Waals surface area contributed by atoms with Gasteiger partial charge >= 0.3 is 17.9 Å². The summed E-state index contributed by atoms with van der Waals surface area (Å²) in [6.07, 6.45) is 56.7. The first-order valence-corrected chi connectivity index (χ1v) is 25.1. The molecule has 0 spiro atoms. The zero-order valence-electron chi connectivity index (χ0n) is 39.0. The van der Waals surface area contributed by atoms with Gasteiger partial charge in [0.15, 0.2) is 6.10 Å². The van der Waals surface area contributed by atoms with Gasteiger partial charge in [0.1, 0.15) is 13.2 Å². The Balaban J connectivity index is 4.40. The van der Waals surface area contributed by atoms with E-state index in [2.05, 4.69) is 69.4 Å². The van der Waals surface area contributed by atoms with Crippen LogP contribution in [-0.4, -0.2) is 37.2 Å². The summed E-state index contributed by atoms with van der Waals surface area (Å²) in [5, 5.41) is 0. The lowest BCUT2D eigenvalue weighted by Crippen LogP contribution is -2.30. The molecule has 0 aromatic heterocycles. The molecule has 0 aromatic carbocycles. The van der Waals surface area contributed by atoms with Gasteiger partial charge in [-0.2, -0.15) is 0 Å². The number of rotatable bonds is 45. The molecular formula is C53H94O6. The number of carbonyl (C=O) groups is 3. The first-order valence-electron chi connectivity index (χ1n) is 25.1. The second-order valence-corrected chi connectivity index (χ2v) is 16.7. The van der Waals surface area contributed by atoms with E-state index in [1.54, 1.807) is 0 Å². The third kappa shape index (κ3) is 46.3. The quantitative estimate of drug-likeness (QED) is 0.0263. The molecule has 6 nitrogen and oxygen atoms in total. The molecule has 0 N–H and O–H groups in total. The lowest BCUT2D eigenvalue weighted by molar-refractivity contribution is -0.167. The van der Waals surface area contributed by atoms with Crippen molar-refractivity contribution in [2.45, 2.75) is 258 Å². The van der Waals surface area contributed by atoms with E-state index in [-0.39, 0.29) is 37.5 Å². The minimum absolute atomic E-state index is 0.0869. The summed E-state index contributed by atoms with van der Waals surface area (Å²) in [6.45, 7) is 6.55. The highest BCUT2D eigenvalue weighted by atomic mass is 16.6. The molecule has 0 rings (SSSR count). The summed E-state index contributed by atoms with van der Waals surface area (Å²) in [4.78, 5) is 37.8. The van der Waals surface area contributed by atoms with E-state index in [9.17, 15) is 14.4 Å². The van der Waals surface area contributed by atoms with Crippen LogP contribution in [0.1, 0.15) is 252 Å². The van der Waals surface area contributed by atoms with Crippen LogP contribution in [0.5, 0.6) is 0 Å². The van der Waals surface area contributed by atoms with Crippen LogP contribution in [0.15, 0.2) is 48.6 Å².